The third-order valence-corrected chi connectivity index (χ3v) is 6.85. The fourth-order valence-corrected chi connectivity index (χ4v) is 5.13. The summed E-state index contributed by atoms with van der Waals surface area (Å²) in [6, 6.07) is 0. The van der Waals surface area contributed by atoms with E-state index in [-0.39, 0.29) is 0 Å². The largest absolute Gasteiger partial charge is 0.282 e. The molecule has 1 N–H and O–H groups in total. The van der Waals surface area contributed by atoms with Crippen LogP contribution in [0, 0.1) is 19.8 Å². The maximum atomic E-state index is 13.0. The molecule has 1 fully saturated rings. The van der Waals surface area contributed by atoms with Gasteiger partial charge in [-0.2, -0.15) is 14.5 Å². The average molecular weight is 351 g/mol. The van der Waals surface area contributed by atoms with E-state index in [9.17, 15) is 8.42 Å². The van der Waals surface area contributed by atoms with E-state index in [2.05, 4.69) is 15.3 Å². The maximum absolute atomic E-state index is 13.0. The van der Waals surface area contributed by atoms with Gasteiger partial charge in [0.2, 0.25) is 10.0 Å². The molecule has 3 rings (SSSR count). The van der Waals surface area contributed by atoms with Crippen LogP contribution < -0.4 is 0 Å². The number of rotatable bonds is 5. The second-order valence-electron chi connectivity index (χ2n) is 6.52. The Labute approximate surface area is 143 Å². The molecular weight excluding hydrogens is 326 g/mol. The maximum Gasteiger partial charge on any atom is 0.246 e. The van der Waals surface area contributed by atoms with Crippen molar-refractivity contribution in [3.05, 3.63) is 29.3 Å². The minimum atomic E-state index is -3.48. The van der Waals surface area contributed by atoms with Gasteiger partial charge in [0.25, 0.3) is 0 Å². The summed E-state index contributed by atoms with van der Waals surface area (Å²) in [4.78, 5) is 0.336. The molecule has 0 radical (unpaired) electrons. The molecule has 0 amide bonds. The van der Waals surface area contributed by atoms with Crippen molar-refractivity contribution in [2.45, 2.75) is 51.5 Å². The van der Waals surface area contributed by atoms with Crippen LogP contribution >= 0.6 is 0 Å². The van der Waals surface area contributed by atoms with Gasteiger partial charge in [-0.15, -0.1) is 0 Å². The van der Waals surface area contributed by atoms with Crippen molar-refractivity contribution in [3.8, 4) is 0 Å². The van der Waals surface area contributed by atoms with E-state index in [1.165, 1.54) is 6.20 Å². The first-order valence-electron chi connectivity index (χ1n) is 8.45. The topological polar surface area (TPSA) is 83.9 Å². The fourth-order valence-electron chi connectivity index (χ4n) is 3.42. The number of sulfonamides is 1. The molecule has 132 valence electrons. The van der Waals surface area contributed by atoms with E-state index in [4.69, 9.17) is 0 Å². The third-order valence-electron chi connectivity index (χ3n) is 4.88. The minimum absolute atomic E-state index is 0.314. The van der Waals surface area contributed by atoms with Gasteiger partial charge in [-0.25, -0.2) is 8.42 Å². The Balaban J connectivity index is 1.78. The first-order valence-corrected chi connectivity index (χ1v) is 9.89. The Hall–Kier alpha value is -1.67. The lowest BCUT2D eigenvalue weighted by Gasteiger charge is -2.31. The molecule has 7 nitrogen and oxygen atoms in total. The van der Waals surface area contributed by atoms with E-state index >= 15 is 0 Å². The van der Waals surface area contributed by atoms with Crippen molar-refractivity contribution in [1.29, 1.82) is 0 Å². The van der Waals surface area contributed by atoms with E-state index in [0.29, 0.717) is 36.1 Å². The van der Waals surface area contributed by atoms with Crippen LogP contribution in [0.3, 0.4) is 0 Å². The zero-order valence-electron chi connectivity index (χ0n) is 14.5. The Morgan fingerprint density at radius 3 is 2.75 bits per heavy atom. The van der Waals surface area contributed by atoms with Crippen molar-refractivity contribution in [2.24, 2.45) is 5.92 Å². The monoisotopic (exact) mass is 351 g/mol. The quantitative estimate of drug-likeness (QED) is 0.891. The number of nitrogens with zero attached hydrogens (tertiary/aromatic N) is 4. The third kappa shape index (κ3) is 3.12. The van der Waals surface area contributed by atoms with E-state index in [1.54, 1.807) is 8.99 Å². The molecule has 3 heterocycles. The highest BCUT2D eigenvalue weighted by molar-refractivity contribution is 7.89. The van der Waals surface area contributed by atoms with Crippen LogP contribution in [-0.2, 0) is 23.0 Å². The molecule has 1 unspecified atom stereocenters. The molecule has 0 bridgehead atoms. The Bertz CT molecular complexity index is 808. The number of nitrogens with one attached hydrogen (secondary N) is 1. The normalized spacial score (nSPS) is 19.7. The average Bonchev–Trinajstić information content (AvgIpc) is 3.14. The standard InChI is InChI=1S/C16H25N5O2S/c1-4-21-13(3)16(10-18-21)24(22,23)20-7-5-6-14(11-20)8-15-12(2)9-17-19-15/h9-10,14H,4-8,11H2,1-3H3,(H,17,19). The van der Waals surface area contributed by atoms with Gasteiger partial charge in [-0.1, -0.05) is 0 Å². The summed E-state index contributed by atoms with van der Waals surface area (Å²) in [5.41, 5.74) is 2.95. The molecule has 24 heavy (non-hydrogen) atoms. The van der Waals surface area contributed by atoms with E-state index in [1.807, 2.05) is 27.0 Å². The van der Waals surface area contributed by atoms with E-state index in [0.717, 1.165) is 30.5 Å². The van der Waals surface area contributed by atoms with Crippen LogP contribution in [0.15, 0.2) is 17.3 Å². The molecule has 1 saturated heterocycles. The van der Waals surface area contributed by atoms with Gasteiger partial charge < -0.3 is 0 Å². The number of aromatic nitrogens is 4. The predicted molar refractivity (Wildman–Crippen MR) is 91.1 cm³/mol. The molecule has 1 aliphatic heterocycles. The molecule has 1 atom stereocenters. The number of hydrogen-bond donors (Lipinski definition) is 1. The van der Waals surface area contributed by atoms with Gasteiger partial charge in [0, 0.05) is 25.3 Å². The van der Waals surface area contributed by atoms with Gasteiger partial charge in [-0.05, 0) is 51.5 Å². The summed E-state index contributed by atoms with van der Waals surface area (Å²) in [5, 5.41) is 11.3. The fraction of sp³-hybridized carbons (Fsp3) is 0.625. The number of piperidine rings is 1. The highest BCUT2D eigenvalue weighted by Crippen LogP contribution is 2.27. The molecule has 0 saturated carbocycles. The van der Waals surface area contributed by atoms with Crippen molar-refractivity contribution in [1.82, 2.24) is 24.3 Å². The lowest BCUT2D eigenvalue weighted by molar-refractivity contribution is 0.264. The summed E-state index contributed by atoms with van der Waals surface area (Å²) in [6.07, 6.45) is 6.06. The molecule has 0 spiro atoms. The highest BCUT2D eigenvalue weighted by Gasteiger charge is 2.32. The zero-order valence-corrected chi connectivity index (χ0v) is 15.3. The summed E-state index contributed by atoms with van der Waals surface area (Å²) >= 11 is 0. The van der Waals surface area contributed by atoms with Crippen LogP contribution in [0.4, 0.5) is 0 Å². The van der Waals surface area contributed by atoms with E-state index < -0.39 is 10.0 Å². The molecule has 8 heteroatoms. The first kappa shape index (κ1) is 17.2. The van der Waals surface area contributed by atoms with Crippen molar-refractivity contribution in [3.63, 3.8) is 0 Å². The first-order chi connectivity index (χ1) is 11.4. The van der Waals surface area contributed by atoms with Crippen LogP contribution in [0.5, 0.6) is 0 Å². The van der Waals surface area contributed by atoms with Crippen molar-refractivity contribution >= 4 is 10.0 Å². The Morgan fingerprint density at radius 1 is 1.33 bits per heavy atom. The summed E-state index contributed by atoms with van der Waals surface area (Å²) < 4.78 is 29.4. The van der Waals surface area contributed by atoms with Crippen molar-refractivity contribution in [2.75, 3.05) is 13.1 Å². The lowest BCUT2D eigenvalue weighted by Crippen LogP contribution is -2.40. The van der Waals surface area contributed by atoms with Crippen LogP contribution in [0.2, 0.25) is 0 Å². The molecular formula is C16H25N5O2S. The molecule has 1 aliphatic rings. The summed E-state index contributed by atoms with van der Waals surface area (Å²) in [7, 11) is -3.48. The van der Waals surface area contributed by atoms with Crippen LogP contribution in [0.25, 0.3) is 0 Å². The predicted octanol–water partition coefficient (Wildman–Crippen LogP) is 1.89. The number of hydrogen-bond acceptors (Lipinski definition) is 4. The van der Waals surface area contributed by atoms with Crippen LogP contribution in [0.1, 0.15) is 36.7 Å². The van der Waals surface area contributed by atoms with Gasteiger partial charge >= 0.3 is 0 Å². The summed E-state index contributed by atoms with van der Waals surface area (Å²) in [5.74, 6) is 0.314. The van der Waals surface area contributed by atoms with Crippen LogP contribution in [-0.4, -0.2) is 45.8 Å². The Kier molecular flexibility index (Phi) is 4.78. The van der Waals surface area contributed by atoms with Crippen molar-refractivity contribution < 1.29 is 8.42 Å². The molecule has 0 aliphatic carbocycles. The number of aromatic amines is 1. The molecule has 0 aromatic carbocycles. The van der Waals surface area contributed by atoms with Gasteiger partial charge in [0.1, 0.15) is 4.90 Å². The highest BCUT2D eigenvalue weighted by atomic mass is 32.2. The Morgan fingerprint density at radius 2 is 2.12 bits per heavy atom. The number of aryl methyl sites for hydroxylation is 2. The SMILES string of the molecule is CCn1ncc(S(=O)(=O)N2CCCC(Cc3[nH]ncc3C)C2)c1C. The zero-order chi connectivity index (χ0) is 17.3. The number of H-pyrrole nitrogens is 1. The summed E-state index contributed by atoms with van der Waals surface area (Å²) in [6.45, 7) is 7.61. The second-order valence-corrected chi connectivity index (χ2v) is 8.42. The van der Waals surface area contributed by atoms with Gasteiger partial charge in [0.05, 0.1) is 18.1 Å². The molecule has 2 aromatic heterocycles. The minimum Gasteiger partial charge on any atom is -0.282 e. The van der Waals surface area contributed by atoms with Gasteiger partial charge in [0.15, 0.2) is 0 Å². The lowest BCUT2D eigenvalue weighted by atomic mass is 9.94. The second kappa shape index (κ2) is 6.68. The molecule has 2 aromatic rings. The smallest absolute Gasteiger partial charge is 0.246 e. The van der Waals surface area contributed by atoms with Gasteiger partial charge in [-0.3, -0.25) is 9.78 Å².